The van der Waals surface area contributed by atoms with Crippen molar-refractivity contribution in [1.29, 1.82) is 0 Å². The monoisotopic (exact) mass is 355 g/mol. The first kappa shape index (κ1) is 17.3. The molecule has 4 rings (SSSR count). The number of aromatic nitrogens is 2. The van der Waals surface area contributed by atoms with Crippen LogP contribution in [0.1, 0.15) is 48.6 Å². The van der Waals surface area contributed by atoms with Crippen molar-refractivity contribution in [2.24, 2.45) is 5.92 Å². The van der Waals surface area contributed by atoms with Crippen LogP contribution in [0.3, 0.4) is 0 Å². The highest BCUT2D eigenvalue weighted by Gasteiger charge is 2.29. The second-order valence-corrected chi connectivity index (χ2v) is 7.81. The summed E-state index contributed by atoms with van der Waals surface area (Å²) in [5.74, 6) is 2.03. The molecule has 1 amide bonds. The number of hydrogen-bond donors (Lipinski definition) is 0. The van der Waals surface area contributed by atoms with Crippen molar-refractivity contribution in [2.45, 2.75) is 51.5 Å². The van der Waals surface area contributed by atoms with Gasteiger partial charge in [-0.2, -0.15) is 0 Å². The predicted octanol–water partition coefficient (Wildman–Crippen LogP) is 3.69. The van der Waals surface area contributed by atoms with Crippen LogP contribution in [0.5, 0.6) is 0 Å². The molecule has 5 heteroatoms. The smallest absolute Gasteiger partial charge is 0.227 e. The molecule has 138 valence electrons. The first-order valence-electron chi connectivity index (χ1n) is 9.64. The van der Waals surface area contributed by atoms with E-state index in [9.17, 15) is 9.18 Å². The molecule has 2 aliphatic rings. The largest absolute Gasteiger partial charge is 0.342 e. The number of carbonyl (C=O) groups excluding carboxylic acids is 1. The van der Waals surface area contributed by atoms with E-state index in [2.05, 4.69) is 15.7 Å². The lowest BCUT2D eigenvalue weighted by atomic mass is 9.96. The van der Waals surface area contributed by atoms with E-state index in [0.29, 0.717) is 5.92 Å². The zero-order valence-electron chi connectivity index (χ0n) is 15.3. The molecule has 1 atom stereocenters. The number of piperidine rings is 1. The van der Waals surface area contributed by atoms with Crippen LogP contribution >= 0.6 is 0 Å². The molecule has 2 aromatic rings. The zero-order valence-corrected chi connectivity index (χ0v) is 15.3. The van der Waals surface area contributed by atoms with Crippen molar-refractivity contribution in [2.75, 3.05) is 13.1 Å². The van der Waals surface area contributed by atoms with Gasteiger partial charge in [0.25, 0.3) is 0 Å². The van der Waals surface area contributed by atoms with Crippen LogP contribution in [0.4, 0.5) is 4.39 Å². The van der Waals surface area contributed by atoms with Gasteiger partial charge in [-0.05, 0) is 61.8 Å². The van der Waals surface area contributed by atoms with Gasteiger partial charge in [0.1, 0.15) is 11.6 Å². The average Bonchev–Trinajstić information content (AvgIpc) is 3.33. The van der Waals surface area contributed by atoms with E-state index < -0.39 is 0 Å². The predicted molar refractivity (Wildman–Crippen MR) is 98.3 cm³/mol. The Hall–Kier alpha value is -2.17. The lowest BCUT2D eigenvalue weighted by Gasteiger charge is -2.33. The fourth-order valence-corrected chi connectivity index (χ4v) is 3.93. The third-order valence-electron chi connectivity index (χ3n) is 5.69. The van der Waals surface area contributed by atoms with Crippen LogP contribution in [0.2, 0.25) is 0 Å². The van der Waals surface area contributed by atoms with E-state index in [0.717, 1.165) is 55.3 Å². The van der Waals surface area contributed by atoms with Crippen molar-refractivity contribution < 1.29 is 9.18 Å². The van der Waals surface area contributed by atoms with Crippen molar-refractivity contribution in [3.63, 3.8) is 0 Å². The molecule has 0 unspecified atom stereocenters. The molecule has 1 aromatic carbocycles. The molecule has 1 aromatic heterocycles. The number of imidazole rings is 1. The number of halogens is 1. The van der Waals surface area contributed by atoms with E-state index in [1.807, 2.05) is 18.0 Å². The van der Waals surface area contributed by atoms with Crippen LogP contribution in [0.15, 0.2) is 30.6 Å². The summed E-state index contributed by atoms with van der Waals surface area (Å²) in [5.41, 5.74) is 1.75. The number of nitrogens with zero attached hydrogens (tertiary/aromatic N) is 3. The molecule has 4 nitrogen and oxygen atoms in total. The first-order chi connectivity index (χ1) is 12.6. The Balaban J connectivity index is 1.44. The minimum absolute atomic E-state index is 0.0868. The van der Waals surface area contributed by atoms with Gasteiger partial charge in [-0.25, -0.2) is 9.37 Å². The topological polar surface area (TPSA) is 38.1 Å². The summed E-state index contributed by atoms with van der Waals surface area (Å²) in [6.07, 6.45) is 8.94. The Morgan fingerprint density at radius 2 is 2.15 bits per heavy atom. The van der Waals surface area contributed by atoms with Gasteiger partial charge in [-0.1, -0.05) is 6.07 Å². The maximum atomic E-state index is 13.5. The summed E-state index contributed by atoms with van der Waals surface area (Å²) >= 11 is 0. The molecule has 0 radical (unpaired) electrons. The lowest BCUT2D eigenvalue weighted by molar-refractivity contribution is -0.131. The number of likely N-dealkylation sites (tertiary alicyclic amines) is 1. The minimum atomic E-state index is -0.281. The fraction of sp³-hybridized carbons (Fsp3) is 0.524. The van der Waals surface area contributed by atoms with Crippen molar-refractivity contribution in [3.8, 4) is 0 Å². The summed E-state index contributed by atoms with van der Waals surface area (Å²) in [7, 11) is 0. The molecule has 1 saturated heterocycles. The number of hydrogen-bond acceptors (Lipinski definition) is 2. The molecule has 1 aliphatic heterocycles. The molecular weight excluding hydrogens is 329 g/mol. The number of rotatable bonds is 5. The summed E-state index contributed by atoms with van der Waals surface area (Å²) < 4.78 is 15.8. The Morgan fingerprint density at radius 1 is 1.31 bits per heavy atom. The van der Waals surface area contributed by atoms with E-state index >= 15 is 0 Å². The summed E-state index contributed by atoms with van der Waals surface area (Å²) in [5, 5.41) is 0. The van der Waals surface area contributed by atoms with Gasteiger partial charge in [-0.15, -0.1) is 0 Å². The molecule has 2 fully saturated rings. The standard InChI is InChI=1S/C21H26FN3O/c1-15-4-7-19(22)11-18(15)12-20(26)24-9-2-3-17(14-24)21-23-8-10-25(21)13-16-5-6-16/h4,7-8,10-11,16-17H,2-3,5-6,9,12-14H2,1H3/t17-/m1/s1. The van der Waals surface area contributed by atoms with Crippen molar-refractivity contribution >= 4 is 5.91 Å². The Morgan fingerprint density at radius 3 is 2.96 bits per heavy atom. The van der Waals surface area contributed by atoms with Crippen molar-refractivity contribution in [3.05, 3.63) is 53.4 Å². The molecule has 0 bridgehead atoms. The fourth-order valence-electron chi connectivity index (χ4n) is 3.93. The zero-order chi connectivity index (χ0) is 18.1. The molecular formula is C21H26FN3O. The van der Waals surface area contributed by atoms with Crippen LogP contribution < -0.4 is 0 Å². The number of amides is 1. The van der Waals surface area contributed by atoms with Gasteiger partial charge >= 0.3 is 0 Å². The van der Waals surface area contributed by atoms with E-state index in [-0.39, 0.29) is 18.1 Å². The quantitative estimate of drug-likeness (QED) is 0.820. The van der Waals surface area contributed by atoms with Crippen LogP contribution in [0, 0.1) is 18.7 Å². The van der Waals surface area contributed by atoms with Crippen molar-refractivity contribution in [1.82, 2.24) is 14.5 Å². The Labute approximate surface area is 154 Å². The van der Waals surface area contributed by atoms with E-state index in [1.165, 1.54) is 25.0 Å². The average molecular weight is 355 g/mol. The summed E-state index contributed by atoms with van der Waals surface area (Å²) in [4.78, 5) is 19.3. The highest BCUT2D eigenvalue weighted by molar-refractivity contribution is 5.79. The molecule has 26 heavy (non-hydrogen) atoms. The Bertz CT molecular complexity index is 796. The summed E-state index contributed by atoms with van der Waals surface area (Å²) in [6.45, 7) is 4.49. The van der Waals surface area contributed by atoms with Crippen LogP contribution in [-0.4, -0.2) is 33.4 Å². The second kappa shape index (κ2) is 7.22. The molecule has 1 saturated carbocycles. The SMILES string of the molecule is Cc1ccc(F)cc1CC(=O)N1CCC[C@@H](c2nccn2CC2CC2)C1. The highest BCUT2D eigenvalue weighted by atomic mass is 19.1. The van der Waals surface area contributed by atoms with E-state index in [1.54, 1.807) is 6.07 Å². The number of aryl methyl sites for hydroxylation is 1. The third kappa shape index (κ3) is 3.81. The molecule has 1 aliphatic carbocycles. The van der Waals surface area contributed by atoms with Gasteiger partial charge in [0.15, 0.2) is 0 Å². The number of carbonyl (C=O) groups is 1. The van der Waals surface area contributed by atoms with Crippen LogP contribution in [0.25, 0.3) is 0 Å². The normalized spacial score (nSPS) is 20.4. The van der Waals surface area contributed by atoms with Gasteiger partial charge in [-0.3, -0.25) is 4.79 Å². The Kier molecular flexibility index (Phi) is 4.79. The maximum Gasteiger partial charge on any atom is 0.227 e. The van der Waals surface area contributed by atoms with E-state index in [4.69, 9.17) is 0 Å². The molecule has 0 N–H and O–H groups in total. The maximum absolute atomic E-state index is 13.5. The first-order valence-corrected chi connectivity index (χ1v) is 9.64. The number of benzene rings is 1. The minimum Gasteiger partial charge on any atom is -0.342 e. The highest BCUT2D eigenvalue weighted by Crippen LogP contribution is 2.33. The van der Waals surface area contributed by atoms with Gasteiger partial charge in [0, 0.05) is 37.9 Å². The lowest BCUT2D eigenvalue weighted by Crippen LogP contribution is -2.40. The van der Waals surface area contributed by atoms with Crippen LogP contribution in [-0.2, 0) is 17.8 Å². The summed E-state index contributed by atoms with van der Waals surface area (Å²) in [6, 6.07) is 4.67. The van der Waals surface area contributed by atoms with Gasteiger partial charge < -0.3 is 9.47 Å². The van der Waals surface area contributed by atoms with Gasteiger partial charge in [0.05, 0.1) is 6.42 Å². The third-order valence-corrected chi connectivity index (χ3v) is 5.69. The van der Waals surface area contributed by atoms with Gasteiger partial charge in [0.2, 0.25) is 5.91 Å². The second-order valence-electron chi connectivity index (χ2n) is 7.81. The molecule has 0 spiro atoms. The molecule has 2 heterocycles.